The number of anilines is 3. The van der Waals surface area contributed by atoms with Gasteiger partial charge in [-0.1, -0.05) is 18.2 Å². The number of aromatic amines is 1. The van der Waals surface area contributed by atoms with Gasteiger partial charge in [-0.3, -0.25) is 10.4 Å². The fourth-order valence-corrected chi connectivity index (χ4v) is 3.16. The number of hydrogen-bond donors (Lipinski definition) is 4. The highest BCUT2D eigenvalue weighted by Crippen LogP contribution is 2.32. The van der Waals surface area contributed by atoms with Gasteiger partial charge in [-0.05, 0) is 42.3 Å². The fraction of sp³-hybridized carbons (Fsp3) is 0.0476. The fourth-order valence-electron chi connectivity index (χ4n) is 3.16. The number of nitrogens with zero attached hydrogens (tertiary/aromatic N) is 3. The number of halogens is 1. The highest BCUT2D eigenvalue weighted by Gasteiger charge is 2.15. The van der Waals surface area contributed by atoms with E-state index in [1.807, 2.05) is 18.2 Å². The minimum atomic E-state index is -0.703. The van der Waals surface area contributed by atoms with Crippen LogP contribution in [0.3, 0.4) is 0 Å². The lowest BCUT2D eigenvalue weighted by Gasteiger charge is -2.11. The number of amides is 2. The highest BCUT2D eigenvalue weighted by molar-refractivity contribution is 6.03. The van der Waals surface area contributed by atoms with Crippen molar-refractivity contribution in [3.8, 4) is 11.1 Å². The molecule has 4 rings (SSSR count). The van der Waals surface area contributed by atoms with Crippen LogP contribution in [0.4, 0.5) is 32.2 Å². The molecule has 0 fully saturated rings. The molecule has 2 aromatic heterocycles. The van der Waals surface area contributed by atoms with E-state index in [0.29, 0.717) is 11.4 Å². The minimum Gasteiger partial charge on any atom is -0.382 e. The number of benzene rings is 2. The largest absolute Gasteiger partial charge is 0.382 e. The molecule has 0 aliphatic heterocycles. The van der Waals surface area contributed by atoms with E-state index in [9.17, 15) is 9.18 Å². The van der Waals surface area contributed by atoms with Crippen LogP contribution in [0.5, 0.6) is 0 Å². The van der Waals surface area contributed by atoms with E-state index in [4.69, 9.17) is 12.3 Å². The smallest absolute Gasteiger partial charge is 0.323 e. The maximum atomic E-state index is 14.1. The van der Waals surface area contributed by atoms with Gasteiger partial charge in [0, 0.05) is 11.8 Å². The number of carbonyl (C=O) groups excluding carboxylic acids is 1. The first-order valence-corrected chi connectivity index (χ1v) is 8.91. The molecule has 0 aliphatic rings. The molecule has 0 aliphatic carbocycles. The summed E-state index contributed by atoms with van der Waals surface area (Å²) < 4.78 is 14.1. The average Bonchev–Trinajstić information content (AvgIpc) is 3.13. The van der Waals surface area contributed by atoms with Gasteiger partial charge in [-0.25, -0.2) is 19.0 Å². The Balaban J connectivity index is 1.55. The first-order chi connectivity index (χ1) is 14.5. The number of nitrogens with one attached hydrogen (secondary N) is 3. The summed E-state index contributed by atoms with van der Waals surface area (Å²) in [4.78, 5) is 19.8. The third-order valence-corrected chi connectivity index (χ3v) is 4.61. The molecule has 0 spiro atoms. The number of hydrogen-bond acceptors (Lipinski definition) is 4. The summed E-state index contributed by atoms with van der Waals surface area (Å²) >= 11 is 0. The van der Waals surface area contributed by atoms with Crippen molar-refractivity contribution in [2.75, 3.05) is 16.4 Å². The number of pyridine rings is 1. The number of fused-ring (bicyclic) bond motifs is 1. The zero-order valence-electron chi connectivity index (χ0n) is 15.8. The molecular weight excluding hydrogens is 385 g/mol. The van der Waals surface area contributed by atoms with Crippen LogP contribution in [0.25, 0.3) is 26.9 Å². The summed E-state index contributed by atoms with van der Waals surface area (Å²) in [6.45, 7) is 8.88. The van der Waals surface area contributed by atoms with Gasteiger partial charge in [0.15, 0.2) is 5.82 Å². The Labute approximate surface area is 170 Å². The van der Waals surface area contributed by atoms with Crippen LogP contribution in [0.1, 0.15) is 5.56 Å². The molecule has 0 atom stereocenters. The van der Waals surface area contributed by atoms with Crippen LogP contribution in [-0.4, -0.2) is 21.2 Å². The van der Waals surface area contributed by atoms with E-state index in [1.54, 1.807) is 25.3 Å². The van der Waals surface area contributed by atoms with Crippen LogP contribution >= 0.6 is 0 Å². The number of nitrogen functional groups attached to an aromatic ring is 1. The van der Waals surface area contributed by atoms with Gasteiger partial charge in [-0.2, -0.15) is 5.10 Å². The second kappa shape index (κ2) is 7.52. The summed E-state index contributed by atoms with van der Waals surface area (Å²) in [7, 11) is 0. The van der Waals surface area contributed by atoms with Crippen molar-refractivity contribution >= 4 is 39.9 Å². The molecule has 5 N–H and O–H groups in total. The first kappa shape index (κ1) is 18.9. The van der Waals surface area contributed by atoms with E-state index in [-0.39, 0.29) is 17.2 Å². The summed E-state index contributed by atoms with van der Waals surface area (Å²) in [5.74, 6) is -0.0326. The van der Waals surface area contributed by atoms with Crippen LogP contribution in [0.2, 0.25) is 0 Å². The third kappa shape index (κ3) is 3.38. The van der Waals surface area contributed by atoms with E-state index < -0.39 is 11.8 Å². The lowest BCUT2D eigenvalue weighted by atomic mass is 10.0. The van der Waals surface area contributed by atoms with Gasteiger partial charge in [0.2, 0.25) is 5.69 Å². The molecule has 148 valence electrons. The standard InChI is InChI=1S/C21H16FN7O/c1-11-6-8-14(22)19(18(11)24-2)27-21(30)26-16-9-7-12(10-25-16)13-4-3-5-15-17(13)20(23)29-28-15/h3-10H,1H3,(H3,23,28,29)(H2,25,26,27,30). The number of urea groups is 1. The second-order valence-corrected chi connectivity index (χ2v) is 6.55. The van der Waals surface area contributed by atoms with E-state index in [1.165, 1.54) is 12.1 Å². The minimum absolute atomic E-state index is 0.0549. The van der Waals surface area contributed by atoms with Gasteiger partial charge in [0.25, 0.3) is 0 Å². The van der Waals surface area contributed by atoms with Crippen molar-refractivity contribution in [3.05, 3.63) is 71.5 Å². The second-order valence-electron chi connectivity index (χ2n) is 6.55. The molecule has 0 unspecified atom stereocenters. The summed E-state index contributed by atoms with van der Waals surface area (Å²) in [5.41, 5.74) is 8.86. The third-order valence-electron chi connectivity index (χ3n) is 4.61. The number of carbonyl (C=O) groups is 1. The quantitative estimate of drug-likeness (QED) is 0.368. The van der Waals surface area contributed by atoms with Crippen LogP contribution in [-0.2, 0) is 0 Å². The number of aryl methyl sites for hydroxylation is 1. The van der Waals surface area contributed by atoms with Gasteiger partial charge in [-0.15, -0.1) is 0 Å². The van der Waals surface area contributed by atoms with Gasteiger partial charge in [0.05, 0.1) is 23.2 Å². The molecule has 2 amide bonds. The Morgan fingerprint density at radius 2 is 2.03 bits per heavy atom. The van der Waals surface area contributed by atoms with E-state index in [2.05, 4.69) is 30.7 Å². The Morgan fingerprint density at radius 3 is 2.77 bits per heavy atom. The van der Waals surface area contributed by atoms with Crippen LogP contribution < -0.4 is 16.4 Å². The molecule has 9 heteroatoms. The van der Waals surface area contributed by atoms with Gasteiger partial charge in [0.1, 0.15) is 11.6 Å². The van der Waals surface area contributed by atoms with Crippen molar-refractivity contribution in [2.45, 2.75) is 6.92 Å². The number of rotatable bonds is 3. The Morgan fingerprint density at radius 1 is 1.20 bits per heavy atom. The summed E-state index contributed by atoms with van der Waals surface area (Å²) in [6, 6.07) is 11.0. The van der Waals surface area contributed by atoms with Crippen molar-refractivity contribution < 1.29 is 9.18 Å². The molecule has 30 heavy (non-hydrogen) atoms. The van der Waals surface area contributed by atoms with Crippen LogP contribution in [0, 0.1) is 19.3 Å². The molecule has 0 saturated carbocycles. The topological polar surface area (TPSA) is 113 Å². The van der Waals surface area contributed by atoms with Crippen molar-refractivity contribution in [3.63, 3.8) is 0 Å². The monoisotopic (exact) mass is 401 g/mol. The average molecular weight is 401 g/mol. The highest BCUT2D eigenvalue weighted by atomic mass is 19.1. The summed E-state index contributed by atoms with van der Waals surface area (Å²) in [6.07, 6.45) is 1.59. The van der Waals surface area contributed by atoms with Gasteiger partial charge >= 0.3 is 6.03 Å². The molecule has 0 saturated heterocycles. The predicted molar refractivity (Wildman–Crippen MR) is 114 cm³/mol. The maximum absolute atomic E-state index is 14.1. The molecule has 2 aromatic carbocycles. The normalized spacial score (nSPS) is 10.6. The lowest BCUT2D eigenvalue weighted by Crippen LogP contribution is -2.21. The summed E-state index contributed by atoms with van der Waals surface area (Å²) in [5, 5.41) is 12.6. The number of nitrogens with two attached hydrogens (primary N) is 1. The number of aromatic nitrogens is 3. The molecular formula is C21H16FN7O. The molecule has 2 heterocycles. The Bertz CT molecular complexity index is 1310. The zero-order chi connectivity index (χ0) is 21.3. The Kier molecular flexibility index (Phi) is 4.74. The number of H-pyrrole nitrogens is 1. The lowest BCUT2D eigenvalue weighted by molar-refractivity contribution is 0.262. The van der Waals surface area contributed by atoms with Gasteiger partial charge < -0.3 is 11.1 Å². The maximum Gasteiger partial charge on any atom is 0.323 e. The molecule has 0 radical (unpaired) electrons. The van der Waals surface area contributed by atoms with Crippen molar-refractivity contribution in [1.82, 2.24) is 15.2 Å². The van der Waals surface area contributed by atoms with Crippen LogP contribution in [0.15, 0.2) is 48.7 Å². The van der Waals surface area contributed by atoms with E-state index >= 15 is 0 Å². The molecule has 8 nitrogen and oxygen atoms in total. The van der Waals surface area contributed by atoms with Crippen molar-refractivity contribution in [2.24, 2.45) is 0 Å². The Hall–Kier alpha value is -4.45. The zero-order valence-corrected chi connectivity index (χ0v) is 15.8. The molecule has 4 aromatic rings. The van der Waals surface area contributed by atoms with E-state index in [0.717, 1.165) is 22.0 Å². The predicted octanol–water partition coefficient (Wildman–Crippen LogP) is 4.85. The SMILES string of the molecule is [C-]#[N+]c1c(C)ccc(F)c1NC(=O)Nc1ccc(-c2cccc3[nH]nc(N)c23)cn1. The van der Waals surface area contributed by atoms with Crippen molar-refractivity contribution in [1.29, 1.82) is 0 Å². The first-order valence-electron chi connectivity index (χ1n) is 8.91. The molecule has 0 bridgehead atoms.